The normalized spacial score (nSPS) is 10.8. The standard InChI is InChI=1S/C20H30N4O5/c1-13(2)14-10-16(26-4)17(27-5)11-15(14)29-18-12-23-20(24-19(18)21)22-6-7-28-9-8-25-3/h10-13H,6-9H2,1-5H3,(H3,21,22,23,24). The van der Waals surface area contributed by atoms with Crippen LogP contribution in [-0.2, 0) is 9.47 Å². The summed E-state index contributed by atoms with van der Waals surface area (Å²) >= 11 is 0. The van der Waals surface area contributed by atoms with E-state index in [0.29, 0.717) is 55.3 Å². The van der Waals surface area contributed by atoms with Gasteiger partial charge in [0.25, 0.3) is 0 Å². The summed E-state index contributed by atoms with van der Waals surface area (Å²) in [5.74, 6) is 3.01. The summed E-state index contributed by atoms with van der Waals surface area (Å²) in [5, 5.41) is 3.06. The highest BCUT2D eigenvalue weighted by Crippen LogP contribution is 2.40. The molecule has 0 aliphatic rings. The number of rotatable bonds is 12. The maximum Gasteiger partial charge on any atom is 0.224 e. The van der Waals surface area contributed by atoms with E-state index in [-0.39, 0.29) is 11.7 Å². The smallest absolute Gasteiger partial charge is 0.224 e. The topological polar surface area (TPSA) is 110 Å². The number of hydrogen-bond acceptors (Lipinski definition) is 9. The predicted octanol–water partition coefficient (Wildman–Crippen LogP) is 3.07. The number of anilines is 2. The van der Waals surface area contributed by atoms with Gasteiger partial charge in [-0.05, 0) is 12.0 Å². The van der Waals surface area contributed by atoms with E-state index in [1.165, 1.54) is 6.20 Å². The third kappa shape index (κ3) is 6.37. The Kier molecular flexibility index (Phi) is 8.75. The lowest BCUT2D eigenvalue weighted by Gasteiger charge is -2.18. The number of methoxy groups -OCH3 is 3. The summed E-state index contributed by atoms with van der Waals surface area (Å²) in [6.45, 7) is 6.29. The minimum Gasteiger partial charge on any atom is -0.493 e. The van der Waals surface area contributed by atoms with E-state index in [9.17, 15) is 0 Å². The third-order valence-electron chi connectivity index (χ3n) is 4.10. The molecule has 29 heavy (non-hydrogen) atoms. The highest BCUT2D eigenvalue weighted by molar-refractivity contribution is 5.55. The molecule has 2 aromatic rings. The van der Waals surface area contributed by atoms with Crippen molar-refractivity contribution in [1.82, 2.24) is 9.97 Å². The van der Waals surface area contributed by atoms with Gasteiger partial charge in [-0.2, -0.15) is 4.98 Å². The van der Waals surface area contributed by atoms with Gasteiger partial charge in [0.1, 0.15) is 5.75 Å². The number of nitrogens with two attached hydrogens (primary N) is 1. The van der Waals surface area contributed by atoms with E-state index in [4.69, 9.17) is 29.4 Å². The van der Waals surface area contributed by atoms with Crippen molar-refractivity contribution in [1.29, 1.82) is 0 Å². The lowest BCUT2D eigenvalue weighted by atomic mass is 10.0. The summed E-state index contributed by atoms with van der Waals surface area (Å²) < 4.78 is 27.1. The van der Waals surface area contributed by atoms with E-state index < -0.39 is 0 Å². The third-order valence-corrected chi connectivity index (χ3v) is 4.10. The van der Waals surface area contributed by atoms with Crippen LogP contribution in [-0.4, -0.2) is 57.7 Å². The van der Waals surface area contributed by atoms with Crippen molar-refractivity contribution in [3.8, 4) is 23.0 Å². The first kappa shape index (κ1) is 22.5. The van der Waals surface area contributed by atoms with Crippen molar-refractivity contribution in [2.45, 2.75) is 19.8 Å². The molecule has 9 heteroatoms. The molecule has 0 radical (unpaired) electrons. The van der Waals surface area contributed by atoms with Crippen molar-refractivity contribution in [3.63, 3.8) is 0 Å². The Bertz CT molecular complexity index is 786. The predicted molar refractivity (Wildman–Crippen MR) is 111 cm³/mol. The summed E-state index contributed by atoms with van der Waals surface area (Å²) in [4.78, 5) is 8.51. The molecule has 3 N–H and O–H groups in total. The zero-order chi connectivity index (χ0) is 21.2. The van der Waals surface area contributed by atoms with Gasteiger partial charge in [-0.3, -0.25) is 0 Å². The highest BCUT2D eigenvalue weighted by atomic mass is 16.5. The Hall–Kier alpha value is -2.78. The average Bonchev–Trinajstić information content (AvgIpc) is 2.71. The summed E-state index contributed by atoms with van der Waals surface area (Å²) in [5.41, 5.74) is 7.03. The molecule has 0 bridgehead atoms. The van der Waals surface area contributed by atoms with Gasteiger partial charge in [0.2, 0.25) is 5.95 Å². The highest BCUT2D eigenvalue weighted by Gasteiger charge is 2.17. The molecular formula is C20H30N4O5. The van der Waals surface area contributed by atoms with E-state index in [1.807, 2.05) is 6.07 Å². The first-order valence-electron chi connectivity index (χ1n) is 9.37. The van der Waals surface area contributed by atoms with Gasteiger partial charge in [0.05, 0.1) is 40.2 Å². The number of benzene rings is 1. The first-order chi connectivity index (χ1) is 14.0. The molecule has 0 unspecified atom stereocenters. The van der Waals surface area contributed by atoms with Crippen molar-refractivity contribution >= 4 is 11.8 Å². The number of aromatic nitrogens is 2. The number of nitrogen functional groups attached to an aromatic ring is 1. The SMILES string of the molecule is COCCOCCNc1ncc(Oc2cc(OC)c(OC)cc2C(C)C)c(N)n1. The molecule has 1 aromatic carbocycles. The average molecular weight is 406 g/mol. The molecule has 0 saturated heterocycles. The molecule has 0 atom stereocenters. The molecule has 1 heterocycles. The lowest BCUT2D eigenvalue weighted by Crippen LogP contribution is -2.14. The second-order valence-corrected chi connectivity index (χ2v) is 6.48. The van der Waals surface area contributed by atoms with Crippen LogP contribution >= 0.6 is 0 Å². The Balaban J connectivity index is 2.10. The van der Waals surface area contributed by atoms with Gasteiger partial charge in [0, 0.05) is 25.3 Å². The molecular weight excluding hydrogens is 376 g/mol. The van der Waals surface area contributed by atoms with E-state index in [0.717, 1.165) is 5.56 Å². The number of ether oxygens (including phenoxy) is 5. The Morgan fingerprint density at radius 2 is 1.69 bits per heavy atom. The molecule has 1 aromatic heterocycles. The maximum atomic E-state index is 6.07. The van der Waals surface area contributed by atoms with Crippen LogP contribution in [0.3, 0.4) is 0 Å². The molecule has 9 nitrogen and oxygen atoms in total. The fourth-order valence-electron chi connectivity index (χ4n) is 2.56. The largest absolute Gasteiger partial charge is 0.493 e. The lowest BCUT2D eigenvalue weighted by molar-refractivity contribution is 0.0759. The fraction of sp³-hybridized carbons (Fsp3) is 0.500. The van der Waals surface area contributed by atoms with Crippen LogP contribution in [0.4, 0.5) is 11.8 Å². The molecule has 0 aliphatic carbocycles. The molecule has 2 rings (SSSR count). The van der Waals surface area contributed by atoms with Crippen LogP contribution in [0.1, 0.15) is 25.3 Å². The molecule has 0 spiro atoms. The van der Waals surface area contributed by atoms with Crippen LogP contribution in [0.2, 0.25) is 0 Å². The Morgan fingerprint density at radius 1 is 0.966 bits per heavy atom. The zero-order valence-electron chi connectivity index (χ0n) is 17.7. The van der Waals surface area contributed by atoms with Crippen LogP contribution in [0.15, 0.2) is 18.3 Å². The van der Waals surface area contributed by atoms with Crippen LogP contribution in [0.5, 0.6) is 23.0 Å². The van der Waals surface area contributed by atoms with Gasteiger partial charge < -0.3 is 34.7 Å². The number of nitrogens with one attached hydrogen (secondary N) is 1. The molecule has 0 amide bonds. The van der Waals surface area contributed by atoms with E-state index in [1.54, 1.807) is 27.4 Å². The van der Waals surface area contributed by atoms with Crippen molar-refractivity contribution in [2.75, 3.05) is 58.7 Å². The fourth-order valence-corrected chi connectivity index (χ4v) is 2.56. The van der Waals surface area contributed by atoms with Gasteiger partial charge in [-0.25, -0.2) is 4.98 Å². The van der Waals surface area contributed by atoms with Crippen LogP contribution in [0, 0.1) is 0 Å². The summed E-state index contributed by atoms with van der Waals surface area (Å²) in [6, 6.07) is 3.67. The van der Waals surface area contributed by atoms with E-state index in [2.05, 4.69) is 29.1 Å². The molecule has 0 aliphatic heterocycles. The van der Waals surface area contributed by atoms with Gasteiger partial charge >= 0.3 is 0 Å². The summed E-state index contributed by atoms with van der Waals surface area (Å²) in [7, 11) is 4.81. The summed E-state index contributed by atoms with van der Waals surface area (Å²) in [6.07, 6.45) is 1.54. The first-order valence-corrected chi connectivity index (χ1v) is 9.37. The minimum atomic E-state index is 0.200. The second kappa shape index (κ2) is 11.3. The van der Waals surface area contributed by atoms with Gasteiger partial charge in [-0.15, -0.1) is 0 Å². The monoisotopic (exact) mass is 406 g/mol. The zero-order valence-corrected chi connectivity index (χ0v) is 17.7. The number of hydrogen-bond donors (Lipinski definition) is 2. The maximum absolute atomic E-state index is 6.07. The molecule has 0 fully saturated rings. The van der Waals surface area contributed by atoms with E-state index >= 15 is 0 Å². The quantitative estimate of drug-likeness (QED) is 0.514. The van der Waals surface area contributed by atoms with Crippen LogP contribution in [0.25, 0.3) is 0 Å². The number of nitrogens with zero attached hydrogens (tertiary/aromatic N) is 2. The molecule has 160 valence electrons. The van der Waals surface area contributed by atoms with Crippen molar-refractivity contribution in [2.24, 2.45) is 0 Å². The second-order valence-electron chi connectivity index (χ2n) is 6.48. The Labute approximate surface area is 171 Å². The van der Waals surface area contributed by atoms with Gasteiger partial charge in [-0.1, -0.05) is 13.8 Å². The Morgan fingerprint density at radius 3 is 2.31 bits per heavy atom. The van der Waals surface area contributed by atoms with Crippen molar-refractivity contribution < 1.29 is 23.7 Å². The van der Waals surface area contributed by atoms with Crippen LogP contribution < -0.4 is 25.3 Å². The molecule has 0 saturated carbocycles. The van der Waals surface area contributed by atoms with Gasteiger partial charge in [0.15, 0.2) is 23.1 Å². The van der Waals surface area contributed by atoms with Crippen molar-refractivity contribution in [3.05, 3.63) is 23.9 Å². The minimum absolute atomic E-state index is 0.200.